The molecule has 0 aromatic heterocycles. The summed E-state index contributed by atoms with van der Waals surface area (Å²) in [5.41, 5.74) is 6.09. The highest BCUT2D eigenvalue weighted by Crippen LogP contribution is 2.24. The number of rotatable bonds is 6. The first-order valence-electron chi connectivity index (χ1n) is 6.83. The van der Waals surface area contributed by atoms with Gasteiger partial charge in [0.1, 0.15) is 5.82 Å². The van der Waals surface area contributed by atoms with Crippen LogP contribution >= 0.6 is 0 Å². The van der Waals surface area contributed by atoms with Gasteiger partial charge in [-0.05, 0) is 40.1 Å². The second kappa shape index (κ2) is 6.72. The molecular weight excluding hydrogens is 293 g/mol. The average Bonchev–Trinajstić information content (AvgIpc) is 2.34. The van der Waals surface area contributed by atoms with Crippen molar-refractivity contribution in [1.29, 1.82) is 0 Å². The SMILES string of the molecule is CCN(C(C)CN(C)C)S(=O)(=O)c1cc(N)c(C)c(F)c1. The van der Waals surface area contributed by atoms with Crippen LogP contribution in [0.1, 0.15) is 19.4 Å². The molecule has 0 fully saturated rings. The quantitative estimate of drug-likeness (QED) is 0.811. The summed E-state index contributed by atoms with van der Waals surface area (Å²) in [5, 5.41) is 0. The van der Waals surface area contributed by atoms with Gasteiger partial charge in [-0.2, -0.15) is 4.31 Å². The molecule has 0 aliphatic carbocycles. The fourth-order valence-electron chi connectivity index (χ4n) is 2.30. The molecule has 0 heterocycles. The molecule has 0 amide bonds. The lowest BCUT2D eigenvalue weighted by Gasteiger charge is -2.29. The standard InChI is InChI=1S/C14H24FN3O2S/c1-6-18(10(2)9-17(4)5)21(19,20)12-7-13(15)11(3)14(16)8-12/h7-8,10H,6,9,16H2,1-5H3. The van der Waals surface area contributed by atoms with Gasteiger partial charge in [0.05, 0.1) is 4.90 Å². The van der Waals surface area contributed by atoms with Crippen LogP contribution in [0.25, 0.3) is 0 Å². The van der Waals surface area contributed by atoms with Crippen molar-refractivity contribution in [2.24, 2.45) is 0 Å². The Morgan fingerprint density at radius 2 is 1.90 bits per heavy atom. The zero-order valence-electron chi connectivity index (χ0n) is 13.2. The summed E-state index contributed by atoms with van der Waals surface area (Å²) in [5.74, 6) is -0.607. The van der Waals surface area contributed by atoms with Gasteiger partial charge in [-0.1, -0.05) is 6.92 Å². The topological polar surface area (TPSA) is 66.6 Å². The second-order valence-corrected chi connectivity index (χ2v) is 7.33. The number of likely N-dealkylation sites (N-methyl/N-ethyl adjacent to an activating group) is 2. The van der Waals surface area contributed by atoms with Crippen molar-refractivity contribution in [1.82, 2.24) is 9.21 Å². The molecule has 2 N–H and O–H groups in total. The molecule has 1 rings (SSSR count). The van der Waals surface area contributed by atoms with Gasteiger partial charge in [-0.15, -0.1) is 0 Å². The number of benzene rings is 1. The molecule has 120 valence electrons. The van der Waals surface area contributed by atoms with E-state index in [-0.39, 0.29) is 22.2 Å². The molecule has 5 nitrogen and oxygen atoms in total. The molecule has 0 aliphatic heterocycles. The number of anilines is 1. The summed E-state index contributed by atoms with van der Waals surface area (Å²) in [6, 6.07) is 2.13. The van der Waals surface area contributed by atoms with Gasteiger partial charge in [0.2, 0.25) is 10.0 Å². The minimum Gasteiger partial charge on any atom is -0.398 e. The molecule has 1 atom stereocenters. The number of nitrogens with two attached hydrogens (primary N) is 1. The average molecular weight is 317 g/mol. The second-order valence-electron chi connectivity index (χ2n) is 5.44. The number of nitrogens with zero attached hydrogens (tertiary/aromatic N) is 2. The molecule has 1 unspecified atom stereocenters. The largest absolute Gasteiger partial charge is 0.398 e. The Bertz CT molecular complexity index is 579. The predicted octanol–water partition coefficient (Wildman–Crippen LogP) is 1.68. The number of hydrogen-bond donors (Lipinski definition) is 1. The van der Waals surface area contributed by atoms with Crippen LogP contribution in [0.5, 0.6) is 0 Å². The lowest BCUT2D eigenvalue weighted by atomic mass is 10.2. The summed E-state index contributed by atoms with van der Waals surface area (Å²) in [6.07, 6.45) is 0. The zero-order valence-corrected chi connectivity index (χ0v) is 14.0. The Morgan fingerprint density at radius 3 is 2.33 bits per heavy atom. The van der Waals surface area contributed by atoms with Crippen molar-refractivity contribution in [3.05, 3.63) is 23.5 Å². The van der Waals surface area contributed by atoms with Crippen LogP contribution in [0.3, 0.4) is 0 Å². The van der Waals surface area contributed by atoms with Crippen molar-refractivity contribution in [2.75, 3.05) is 32.9 Å². The summed E-state index contributed by atoms with van der Waals surface area (Å²) >= 11 is 0. The van der Waals surface area contributed by atoms with Crippen LogP contribution in [0, 0.1) is 12.7 Å². The van der Waals surface area contributed by atoms with Crippen LogP contribution < -0.4 is 5.73 Å². The first kappa shape index (κ1) is 17.9. The smallest absolute Gasteiger partial charge is 0.243 e. The lowest BCUT2D eigenvalue weighted by Crippen LogP contribution is -2.43. The van der Waals surface area contributed by atoms with Gasteiger partial charge in [0, 0.05) is 30.4 Å². The molecule has 0 radical (unpaired) electrons. The van der Waals surface area contributed by atoms with Crippen LogP contribution in [0.4, 0.5) is 10.1 Å². The molecule has 21 heavy (non-hydrogen) atoms. The van der Waals surface area contributed by atoms with E-state index in [4.69, 9.17) is 5.73 Å². The Labute approximate surface area is 126 Å². The van der Waals surface area contributed by atoms with Gasteiger partial charge < -0.3 is 10.6 Å². The Kier molecular flexibility index (Phi) is 5.72. The molecule has 0 bridgehead atoms. The number of sulfonamides is 1. The molecule has 1 aromatic rings. The summed E-state index contributed by atoms with van der Waals surface area (Å²) in [7, 11) is -0.0201. The third-order valence-corrected chi connectivity index (χ3v) is 5.46. The van der Waals surface area contributed by atoms with Crippen molar-refractivity contribution in [3.8, 4) is 0 Å². The van der Waals surface area contributed by atoms with E-state index in [1.807, 2.05) is 25.9 Å². The van der Waals surface area contributed by atoms with Gasteiger partial charge in [0.25, 0.3) is 0 Å². The maximum absolute atomic E-state index is 13.8. The monoisotopic (exact) mass is 317 g/mol. The Morgan fingerprint density at radius 1 is 1.33 bits per heavy atom. The summed E-state index contributed by atoms with van der Waals surface area (Å²) in [4.78, 5) is 1.81. The summed E-state index contributed by atoms with van der Waals surface area (Å²) < 4.78 is 40.5. The van der Waals surface area contributed by atoms with E-state index in [0.29, 0.717) is 13.1 Å². The van der Waals surface area contributed by atoms with Gasteiger partial charge >= 0.3 is 0 Å². The van der Waals surface area contributed by atoms with Crippen molar-refractivity contribution in [3.63, 3.8) is 0 Å². The van der Waals surface area contributed by atoms with Crippen molar-refractivity contribution < 1.29 is 12.8 Å². The maximum atomic E-state index is 13.8. The predicted molar refractivity (Wildman–Crippen MR) is 83.1 cm³/mol. The van der Waals surface area contributed by atoms with Gasteiger partial charge in [-0.3, -0.25) is 0 Å². The van der Waals surface area contributed by atoms with E-state index in [0.717, 1.165) is 6.07 Å². The maximum Gasteiger partial charge on any atom is 0.243 e. The van der Waals surface area contributed by atoms with Gasteiger partial charge in [0.15, 0.2) is 0 Å². The molecule has 1 aromatic carbocycles. The summed E-state index contributed by atoms with van der Waals surface area (Å²) in [6.45, 7) is 6.00. The third-order valence-electron chi connectivity index (χ3n) is 3.40. The highest BCUT2D eigenvalue weighted by Gasteiger charge is 2.29. The highest BCUT2D eigenvalue weighted by atomic mass is 32.2. The molecule has 0 saturated heterocycles. The van der Waals surface area contributed by atoms with E-state index in [9.17, 15) is 12.8 Å². The van der Waals surface area contributed by atoms with Crippen molar-refractivity contribution in [2.45, 2.75) is 31.7 Å². The van der Waals surface area contributed by atoms with E-state index in [1.165, 1.54) is 17.3 Å². The fourth-order valence-corrected chi connectivity index (χ4v) is 3.98. The molecule has 0 saturated carbocycles. The first-order chi connectivity index (χ1) is 9.61. The van der Waals surface area contributed by atoms with Gasteiger partial charge in [-0.25, -0.2) is 12.8 Å². The molecule has 0 aliphatic rings. The molecule has 7 heteroatoms. The number of nitrogen functional groups attached to an aromatic ring is 1. The van der Waals surface area contributed by atoms with E-state index < -0.39 is 15.8 Å². The number of hydrogen-bond acceptors (Lipinski definition) is 4. The van der Waals surface area contributed by atoms with Crippen LogP contribution in [0.2, 0.25) is 0 Å². The van der Waals surface area contributed by atoms with Crippen LogP contribution in [0.15, 0.2) is 17.0 Å². The minimum atomic E-state index is -3.77. The van der Waals surface area contributed by atoms with E-state index >= 15 is 0 Å². The highest BCUT2D eigenvalue weighted by molar-refractivity contribution is 7.89. The Balaban J connectivity index is 3.25. The van der Waals surface area contributed by atoms with Crippen molar-refractivity contribution >= 4 is 15.7 Å². The van der Waals surface area contributed by atoms with E-state index in [2.05, 4.69) is 0 Å². The van der Waals surface area contributed by atoms with Crippen LogP contribution in [-0.4, -0.2) is 50.8 Å². The molecular formula is C14H24FN3O2S. The van der Waals surface area contributed by atoms with Crippen LogP contribution in [-0.2, 0) is 10.0 Å². The normalized spacial score (nSPS) is 13.9. The minimum absolute atomic E-state index is 0.101. The fraction of sp³-hybridized carbons (Fsp3) is 0.571. The lowest BCUT2D eigenvalue weighted by molar-refractivity contribution is 0.271. The third kappa shape index (κ3) is 3.93. The number of halogens is 1. The molecule has 0 spiro atoms. The first-order valence-corrected chi connectivity index (χ1v) is 8.27. The Hall–Kier alpha value is -1.18. The zero-order chi connectivity index (χ0) is 16.4. The van der Waals surface area contributed by atoms with E-state index in [1.54, 1.807) is 6.92 Å².